The van der Waals surface area contributed by atoms with Gasteiger partial charge in [-0.2, -0.15) is 0 Å². The maximum absolute atomic E-state index is 12.3. The van der Waals surface area contributed by atoms with Crippen LogP contribution in [0.15, 0.2) is 42.5 Å². The van der Waals surface area contributed by atoms with E-state index in [-0.39, 0.29) is 18.1 Å². The molecule has 0 radical (unpaired) electrons. The molecule has 3 rings (SSSR count). The van der Waals surface area contributed by atoms with Gasteiger partial charge in [-0.05, 0) is 31.4 Å². The van der Waals surface area contributed by atoms with Gasteiger partial charge in [-0.25, -0.2) is 0 Å². The number of rotatable bonds is 6. The topological polar surface area (TPSA) is 71.0 Å². The zero-order chi connectivity index (χ0) is 18.9. The van der Waals surface area contributed by atoms with E-state index in [4.69, 9.17) is 9.47 Å². The van der Waals surface area contributed by atoms with E-state index in [1.54, 1.807) is 6.08 Å². The molecule has 1 aromatic carbocycles. The minimum Gasteiger partial charge on any atom is -0.488 e. The first kappa shape index (κ1) is 19.9. The lowest BCUT2D eigenvalue weighted by Crippen LogP contribution is -2.48. The molecule has 0 spiro atoms. The number of carbonyl (C=O) groups excluding carboxylic acids is 1. The molecule has 1 amide bonds. The molecule has 0 unspecified atom stereocenters. The van der Waals surface area contributed by atoms with E-state index in [0.717, 1.165) is 64.3 Å². The van der Waals surface area contributed by atoms with Crippen LogP contribution in [-0.4, -0.2) is 67.0 Å². The maximum Gasteiger partial charge on any atom is 0.244 e. The number of para-hydroxylation sites is 1. The summed E-state index contributed by atoms with van der Waals surface area (Å²) in [6, 6.07) is 9.25. The van der Waals surface area contributed by atoms with Crippen molar-refractivity contribution in [3.63, 3.8) is 0 Å². The van der Waals surface area contributed by atoms with Gasteiger partial charge in [0, 0.05) is 25.7 Å². The molecular formula is C21H30N2O4. The summed E-state index contributed by atoms with van der Waals surface area (Å²) < 4.78 is 11.3. The fraction of sp³-hybridized carbons (Fsp3) is 0.571. The monoisotopic (exact) mass is 374 g/mol. The molecule has 1 aliphatic carbocycles. The van der Waals surface area contributed by atoms with Crippen LogP contribution in [0.2, 0.25) is 0 Å². The van der Waals surface area contributed by atoms with Gasteiger partial charge < -0.3 is 19.9 Å². The summed E-state index contributed by atoms with van der Waals surface area (Å²) in [5, 5.41) is 13.7. The van der Waals surface area contributed by atoms with Crippen LogP contribution in [0.1, 0.15) is 25.7 Å². The second-order valence-electron chi connectivity index (χ2n) is 7.17. The molecule has 0 bridgehead atoms. The minimum absolute atomic E-state index is 0.160. The van der Waals surface area contributed by atoms with E-state index in [0.29, 0.717) is 0 Å². The smallest absolute Gasteiger partial charge is 0.244 e. The standard InChI is InChI=1S/C21H30N2O4/c24-20(11-6-12-23-13-15-26-16-14-23)22-18-9-4-5-10-19(21(18)25)27-17-7-2-1-3-8-17/h1-3,6-8,11,18-19,21,25H,4-5,9-10,12-16H2,(H,22,24)/b11-6+/t18-,19-,21-/m1/s1. The Morgan fingerprint density at radius 2 is 1.96 bits per heavy atom. The number of nitrogens with zero attached hydrogens (tertiary/aromatic N) is 1. The lowest BCUT2D eigenvalue weighted by molar-refractivity contribution is -0.118. The third kappa shape index (κ3) is 6.34. The molecule has 2 N–H and O–H groups in total. The molecule has 2 aliphatic rings. The van der Waals surface area contributed by atoms with Crippen molar-refractivity contribution in [2.75, 3.05) is 32.8 Å². The van der Waals surface area contributed by atoms with Gasteiger partial charge in [0.2, 0.25) is 5.91 Å². The zero-order valence-corrected chi connectivity index (χ0v) is 15.8. The predicted molar refractivity (Wildman–Crippen MR) is 104 cm³/mol. The number of nitrogens with one attached hydrogen (secondary N) is 1. The highest BCUT2D eigenvalue weighted by Crippen LogP contribution is 2.23. The number of amides is 1. The maximum atomic E-state index is 12.3. The number of aliphatic hydroxyl groups excluding tert-OH is 1. The Hall–Kier alpha value is -1.89. The summed E-state index contributed by atoms with van der Waals surface area (Å²) in [6.07, 6.45) is 5.92. The Kier molecular flexibility index (Phi) is 7.68. The van der Waals surface area contributed by atoms with Gasteiger partial charge in [-0.15, -0.1) is 0 Å². The van der Waals surface area contributed by atoms with Crippen LogP contribution >= 0.6 is 0 Å². The summed E-state index contributed by atoms with van der Waals surface area (Å²) in [5.41, 5.74) is 0. The van der Waals surface area contributed by atoms with Crippen LogP contribution in [0.5, 0.6) is 5.75 Å². The predicted octanol–water partition coefficient (Wildman–Crippen LogP) is 1.74. The molecule has 1 aromatic rings. The van der Waals surface area contributed by atoms with Crippen molar-refractivity contribution < 1.29 is 19.4 Å². The van der Waals surface area contributed by atoms with Gasteiger partial charge in [0.25, 0.3) is 0 Å². The highest BCUT2D eigenvalue weighted by atomic mass is 16.5. The number of aliphatic hydroxyl groups is 1. The lowest BCUT2D eigenvalue weighted by Gasteiger charge is -2.28. The van der Waals surface area contributed by atoms with Crippen molar-refractivity contribution in [2.24, 2.45) is 0 Å². The molecule has 1 saturated carbocycles. The molecule has 3 atom stereocenters. The SMILES string of the molecule is O=C(/C=C/CN1CCOCC1)N[C@@H]1CCCC[C@@H](Oc2ccccc2)[C@@H]1O. The van der Waals surface area contributed by atoms with Crippen LogP contribution in [0.25, 0.3) is 0 Å². The Morgan fingerprint density at radius 3 is 2.74 bits per heavy atom. The Morgan fingerprint density at radius 1 is 1.22 bits per heavy atom. The first-order valence-corrected chi connectivity index (χ1v) is 9.89. The number of benzene rings is 1. The highest BCUT2D eigenvalue weighted by molar-refractivity contribution is 5.87. The van der Waals surface area contributed by atoms with E-state index in [2.05, 4.69) is 10.2 Å². The van der Waals surface area contributed by atoms with Gasteiger partial charge in [-0.1, -0.05) is 30.7 Å². The number of carbonyl (C=O) groups is 1. The highest BCUT2D eigenvalue weighted by Gasteiger charge is 2.32. The molecule has 27 heavy (non-hydrogen) atoms. The van der Waals surface area contributed by atoms with E-state index >= 15 is 0 Å². The largest absolute Gasteiger partial charge is 0.488 e. The van der Waals surface area contributed by atoms with Gasteiger partial charge >= 0.3 is 0 Å². The van der Waals surface area contributed by atoms with Gasteiger partial charge in [0.1, 0.15) is 18.0 Å². The number of hydrogen-bond donors (Lipinski definition) is 2. The third-order valence-corrected chi connectivity index (χ3v) is 5.14. The van der Waals surface area contributed by atoms with Crippen LogP contribution in [0.4, 0.5) is 0 Å². The van der Waals surface area contributed by atoms with Crippen molar-refractivity contribution in [1.82, 2.24) is 10.2 Å². The summed E-state index contributed by atoms with van der Waals surface area (Å²) in [6.45, 7) is 4.02. The van der Waals surface area contributed by atoms with Crippen molar-refractivity contribution >= 4 is 5.91 Å². The van der Waals surface area contributed by atoms with Crippen molar-refractivity contribution in [3.8, 4) is 5.75 Å². The molecule has 6 nitrogen and oxygen atoms in total. The van der Waals surface area contributed by atoms with Crippen LogP contribution in [0, 0.1) is 0 Å². The van der Waals surface area contributed by atoms with E-state index in [1.165, 1.54) is 0 Å². The number of hydrogen-bond acceptors (Lipinski definition) is 5. The summed E-state index contributed by atoms with van der Waals surface area (Å²) in [7, 11) is 0. The molecular weight excluding hydrogens is 344 g/mol. The molecule has 0 aromatic heterocycles. The number of morpholine rings is 1. The first-order valence-electron chi connectivity index (χ1n) is 9.89. The lowest BCUT2D eigenvalue weighted by atomic mass is 10.0. The fourth-order valence-corrected chi connectivity index (χ4v) is 3.59. The van der Waals surface area contributed by atoms with Crippen LogP contribution in [-0.2, 0) is 9.53 Å². The number of ether oxygens (including phenoxy) is 2. The van der Waals surface area contributed by atoms with Gasteiger partial charge in [-0.3, -0.25) is 9.69 Å². The van der Waals surface area contributed by atoms with Crippen LogP contribution < -0.4 is 10.1 Å². The van der Waals surface area contributed by atoms with Gasteiger partial charge in [0.15, 0.2) is 0 Å². The molecule has 148 valence electrons. The average molecular weight is 374 g/mol. The summed E-state index contributed by atoms with van der Waals surface area (Å²) in [4.78, 5) is 14.5. The van der Waals surface area contributed by atoms with E-state index < -0.39 is 6.10 Å². The van der Waals surface area contributed by atoms with Crippen molar-refractivity contribution in [3.05, 3.63) is 42.5 Å². The van der Waals surface area contributed by atoms with Crippen molar-refractivity contribution in [1.29, 1.82) is 0 Å². The molecule has 2 fully saturated rings. The normalized spacial score (nSPS) is 27.2. The average Bonchev–Trinajstić information content (AvgIpc) is 2.86. The second-order valence-corrected chi connectivity index (χ2v) is 7.17. The van der Waals surface area contributed by atoms with E-state index in [9.17, 15) is 9.90 Å². The van der Waals surface area contributed by atoms with Crippen molar-refractivity contribution in [2.45, 2.75) is 43.9 Å². The molecule has 6 heteroatoms. The Bertz CT molecular complexity index is 601. The summed E-state index contributed by atoms with van der Waals surface area (Å²) >= 11 is 0. The first-order chi connectivity index (χ1) is 13.2. The molecule has 1 aliphatic heterocycles. The Labute approximate surface area is 161 Å². The fourth-order valence-electron chi connectivity index (χ4n) is 3.59. The van der Waals surface area contributed by atoms with E-state index in [1.807, 2.05) is 36.4 Å². The Balaban J connectivity index is 1.50. The third-order valence-electron chi connectivity index (χ3n) is 5.14. The van der Waals surface area contributed by atoms with Gasteiger partial charge in [0.05, 0.1) is 19.3 Å². The minimum atomic E-state index is -0.718. The second kappa shape index (κ2) is 10.4. The molecule has 1 heterocycles. The molecule has 1 saturated heterocycles. The van der Waals surface area contributed by atoms with Crippen LogP contribution in [0.3, 0.4) is 0 Å². The summed E-state index contributed by atoms with van der Waals surface area (Å²) in [5.74, 6) is 0.589. The quantitative estimate of drug-likeness (QED) is 0.586. The zero-order valence-electron chi connectivity index (χ0n) is 15.8.